The molecule has 19 heavy (non-hydrogen) atoms. The first kappa shape index (κ1) is 16.7. The van der Waals surface area contributed by atoms with Gasteiger partial charge in [0.25, 0.3) is 0 Å². The SMILES string of the molecule is CC(I)C(=O)OCC(=O)OC(C)(C)C1CC[NH2+]CC1. The summed E-state index contributed by atoms with van der Waals surface area (Å²) < 4.78 is 10.1. The van der Waals surface area contributed by atoms with Gasteiger partial charge in [-0.05, 0) is 20.8 Å². The number of ether oxygens (including phenoxy) is 2. The van der Waals surface area contributed by atoms with E-state index in [1.807, 2.05) is 36.4 Å². The van der Waals surface area contributed by atoms with Gasteiger partial charge in [0.15, 0.2) is 6.61 Å². The highest BCUT2D eigenvalue weighted by Crippen LogP contribution is 2.27. The lowest BCUT2D eigenvalue weighted by Crippen LogP contribution is -2.86. The third-order valence-electron chi connectivity index (χ3n) is 3.46. The van der Waals surface area contributed by atoms with Crippen LogP contribution in [-0.2, 0) is 19.1 Å². The molecule has 0 aliphatic carbocycles. The van der Waals surface area contributed by atoms with Gasteiger partial charge in [0.05, 0.1) is 13.1 Å². The minimum atomic E-state index is -0.492. The molecule has 6 heteroatoms. The summed E-state index contributed by atoms with van der Waals surface area (Å²) in [5, 5.41) is 2.28. The first-order valence-electron chi connectivity index (χ1n) is 6.67. The highest BCUT2D eigenvalue weighted by molar-refractivity contribution is 14.1. The van der Waals surface area contributed by atoms with E-state index in [0.29, 0.717) is 5.92 Å². The van der Waals surface area contributed by atoms with Gasteiger partial charge in [-0.2, -0.15) is 0 Å². The summed E-state index contributed by atoms with van der Waals surface area (Å²) in [4.78, 5) is 23.0. The number of esters is 2. The average molecular weight is 384 g/mol. The molecule has 0 bridgehead atoms. The molecule has 110 valence electrons. The second-order valence-corrected chi connectivity index (χ2v) is 7.31. The Morgan fingerprint density at radius 1 is 1.37 bits per heavy atom. The van der Waals surface area contributed by atoms with E-state index < -0.39 is 11.6 Å². The predicted molar refractivity (Wildman–Crippen MR) is 79.0 cm³/mol. The van der Waals surface area contributed by atoms with Gasteiger partial charge in [0, 0.05) is 18.8 Å². The van der Waals surface area contributed by atoms with Gasteiger partial charge in [-0.1, -0.05) is 22.6 Å². The van der Waals surface area contributed by atoms with Gasteiger partial charge >= 0.3 is 11.9 Å². The minimum Gasteiger partial charge on any atom is -0.457 e. The lowest BCUT2D eigenvalue weighted by atomic mass is 9.83. The first-order chi connectivity index (χ1) is 8.83. The fourth-order valence-electron chi connectivity index (χ4n) is 2.27. The normalized spacial score (nSPS) is 18.7. The number of hydrogen-bond acceptors (Lipinski definition) is 4. The Balaban J connectivity index is 2.39. The Morgan fingerprint density at radius 2 is 1.95 bits per heavy atom. The van der Waals surface area contributed by atoms with Crippen molar-refractivity contribution in [2.45, 2.75) is 43.1 Å². The lowest BCUT2D eigenvalue weighted by molar-refractivity contribution is -0.665. The van der Waals surface area contributed by atoms with Crippen LogP contribution in [0.4, 0.5) is 0 Å². The number of quaternary nitrogens is 1. The molecule has 0 radical (unpaired) electrons. The van der Waals surface area contributed by atoms with Gasteiger partial charge in [0.2, 0.25) is 0 Å². The number of nitrogens with two attached hydrogens (primary N) is 1. The van der Waals surface area contributed by atoms with Crippen molar-refractivity contribution in [2.75, 3.05) is 19.7 Å². The Bertz CT molecular complexity index is 325. The Labute approximate surface area is 127 Å². The maximum atomic E-state index is 11.7. The minimum absolute atomic E-state index is 0.257. The molecular formula is C13H23INO4+. The van der Waals surface area contributed by atoms with Gasteiger partial charge in [0.1, 0.15) is 9.53 Å². The number of alkyl halides is 1. The Hall–Kier alpha value is -0.370. The van der Waals surface area contributed by atoms with E-state index in [0.717, 1.165) is 25.9 Å². The number of hydrogen-bond donors (Lipinski definition) is 1. The summed E-state index contributed by atoms with van der Waals surface area (Å²) >= 11 is 1.95. The maximum Gasteiger partial charge on any atom is 0.344 e. The highest BCUT2D eigenvalue weighted by Gasteiger charge is 2.35. The van der Waals surface area contributed by atoms with Crippen molar-refractivity contribution in [1.29, 1.82) is 0 Å². The molecule has 0 aromatic rings. The zero-order chi connectivity index (χ0) is 14.5. The van der Waals surface area contributed by atoms with Gasteiger partial charge in [-0.3, -0.25) is 4.79 Å². The molecular weight excluding hydrogens is 361 g/mol. The van der Waals surface area contributed by atoms with Crippen molar-refractivity contribution in [3.63, 3.8) is 0 Å². The summed E-state index contributed by atoms with van der Waals surface area (Å²) in [6.45, 7) is 7.44. The van der Waals surface area contributed by atoms with Gasteiger partial charge < -0.3 is 14.8 Å². The van der Waals surface area contributed by atoms with Crippen LogP contribution in [0.25, 0.3) is 0 Å². The number of rotatable bonds is 5. The molecule has 1 aliphatic rings. The van der Waals surface area contributed by atoms with E-state index in [1.165, 1.54) is 0 Å². The van der Waals surface area contributed by atoms with E-state index in [-0.39, 0.29) is 16.5 Å². The topological polar surface area (TPSA) is 69.2 Å². The van der Waals surface area contributed by atoms with Crippen LogP contribution < -0.4 is 5.32 Å². The second-order valence-electron chi connectivity index (χ2n) is 5.44. The van der Waals surface area contributed by atoms with Gasteiger partial charge in [-0.25, -0.2) is 4.79 Å². The third-order valence-corrected chi connectivity index (χ3v) is 3.96. The lowest BCUT2D eigenvalue weighted by Gasteiger charge is -2.35. The molecule has 1 heterocycles. The molecule has 0 aromatic carbocycles. The van der Waals surface area contributed by atoms with E-state index in [9.17, 15) is 9.59 Å². The standard InChI is InChI=1S/C13H22INO4/c1-9(14)12(17)18-8-11(16)19-13(2,3)10-4-6-15-7-5-10/h9-10,15H,4-8H2,1-3H3/p+1. The van der Waals surface area contributed by atoms with Crippen molar-refractivity contribution >= 4 is 34.5 Å². The molecule has 1 aliphatic heterocycles. The monoisotopic (exact) mass is 384 g/mol. The maximum absolute atomic E-state index is 11.7. The van der Waals surface area contributed by atoms with Crippen molar-refractivity contribution in [2.24, 2.45) is 5.92 Å². The van der Waals surface area contributed by atoms with Crippen LogP contribution in [0, 0.1) is 5.92 Å². The van der Waals surface area contributed by atoms with Crippen LogP contribution in [-0.4, -0.2) is 41.2 Å². The molecule has 5 nitrogen and oxygen atoms in total. The summed E-state index contributed by atoms with van der Waals surface area (Å²) in [7, 11) is 0. The van der Waals surface area contributed by atoms with E-state index in [2.05, 4.69) is 5.32 Å². The summed E-state index contributed by atoms with van der Waals surface area (Å²) in [6, 6.07) is 0. The second kappa shape index (κ2) is 7.42. The number of piperidine rings is 1. The smallest absolute Gasteiger partial charge is 0.344 e. The van der Waals surface area contributed by atoms with Crippen LogP contribution in [0.2, 0.25) is 0 Å². The van der Waals surface area contributed by atoms with Gasteiger partial charge in [-0.15, -0.1) is 0 Å². The number of halogens is 1. The zero-order valence-electron chi connectivity index (χ0n) is 11.8. The fourth-order valence-corrected chi connectivity index (χ4v) is 2.45. The molecule has 0 saturated carbocycles. The average Bonchev–Trinajstić information content (AvgIpc) is 2.36. The van der Waals surface area contributed by atoms with Crippen molar-refractivity contribution < 1.29 is 24.4 Å². The molecule has 1 atom stereocenters. The Kier molecular flexibility index (Phi) is 6.52. The van der Waals surface area contributed by atoms with Crippen LogP contribution in [0.5, 0.6) is 0 Å². The van der Waals surface area contributed by atoms with Crippen LogP contribution in [0.1, 0.15) is 33.6 Å². The first-order valence-corrected chi connectivity index (χ1v) is 7.91. The zero-order valence-corrected chi connectivity index (χ0v) is 13.9. The summed E-state index contributed by atoms with van der Waals surface area (Å²) in [6.07, 6.45) is 2.09. The molecule has 1 unspecified atom stereocenters. The van der Waals surface area contributed by atoms with Crippen molar-refractivity contribution in [1.82, 2.24) is 0 Å². The predicted octanol–water partition coefficient (Wildman–Crippen LogP) is 0.648. The van der Waals surface area contributed by atoms with E-state index >= 15 is 0 Å². The molecule has 2 N–H and O–H groups in total. The third kappa shape index (κ3) is 5.64. The molecule has 0 amide bonds. The van der Waals surface area contributed by atoms with Crippen LogP contribution in [0.3, 0.4) is 0 Å². The highest BCUT2D eigenvalue weighted by atomic mass is 127. The molecule has 1 fully saturated rings. The van der Waals surface area contributed by atoms with Crippen molar-refractivity contribution in [3.05, 3.63) is 0 Å². The number of carbonyl (C=O) groups is 2. The fraction of sp³-hybridized carbons (Fsp3) is 0.846. The molecule has 0 spiro atoms. The molecule has 1 saturated heterocycles. The molecule has 1 rings (SSSR count). The molecule has 0 aromatic heterocycles. The summed E-state index contributed by atoms with van der Waals surface area (Å²) in [5.74, 6) is -0.478. The van der Waals surface area contributed by atoms with E-state index in [4.69, 9.17) is 9.47 Å². The summed E-state index contributed by atoms with van der Waals surface area (Å²) in [5.41, 5.74) is -0.492. The van der Waals surface area contributed by atoms with E-state index in [1.54, 1.807) is 6.92 Å². The van der Waals surface area contributed by atoms with Crippen molar-refractivity contribution in [3.8, 4) is 0 Å². The Morgan fingerprint density at radius 3 is 2.47 bits per heavy atom. The van der Waals surface area contributed by atoms with Crippen LogP contribution >= 0.6 is 22.6 Å². The quantitative estimate of drug-likeness (QED) is 0.429. The largest absolute Gasteiger partial charge is 0.457 e. The van der Waals surface area contributed by atoms with Crippen LogP contribution in [0.15, 0.2) is 0 Å². The number of carbonyl (C=O) groups excluding carboxylic acids is 2.